The van der Waals surface area contributed by atoms with Gasteiger partial charge in [-0.15, -0.1) is 0 Å². The molecule has 0 spiro atoms. The second kappa shape index (κ2) is 8.42. The molecule has 1 unspecified atom stereocenters. The maximum Gasteiger partial charge on any atom is 0.0577 e. The minimum Gasteiger partial charge on any atom is -0.393 e. The van der Waals surface area contributed by atoms with Crippen LogP contribution in [0.25, 0.3) is 0 Å². The van der Waals surface area contributed by atoms with Crippen LogP contribution in [0.15, 0.2) is 23.3 Å². The van der Waals surface area contributed by atoms with Crippen LogP contribution in [-0.2, 0) is 0 Å². The maximum atomic E-state index is 10.2. The topological polar surface area (TPSA) is 20.2 Å². The van der Waals surface area contributed by atoms with Crippen LogP contribution < -0.4 is 0 Å². The Morgan fingerprint density at radius 3 is 2.57 bits per heavy atom. The number of aliphatic hydroxyl groups is 1. The van der Waals surface area contributed by atoms with Crippen molar-refractivity contribution in [1.29, 1.82) is 0 Å². The van der Waals surface area contributed by atoms with Crippen molar-refractivity contribution in [3.05, 3.63) is 23.3 Å². The molecule has 1 nitrogen and oxygen atoms in total. The molecule has 1 heteroatoms. The summed E-state index contributed by atoms with van der Waals surface area (Å²) in [5, 5.41) is 10.2. The van der Waals surface area contributed by atoms with Crippen LogP contribution in [0.2, 0.25) is 0 Å². The van der Waals surface area contributed by atoms with Crippen molar-refractivity contribution in [1.82, 2.24) is 0 Å². The van der Waals surface area contributed by atoms with Crippen molar-refractivity contribution in [2.24, 2.45) is 46.3 Å². The normalized spacial score (nSPS) is 45.8. The molecule has 3 saturated carbocycles. The van der Waals surface area contributed by atoms with E-state index in [1.807, 2.05) is 0 Å². The fraction of sp³-hybridized carbons (Fsp3) is 0.862. The first-order valence-electron chi connectivity index (χ1n) is 13.2. The summed E-state index contributed by atoms with van der Waals surface area (Å²) in [6.45, 7) is 14.7. The molecular weight excluding hydrogens is 365 g/mol. The molecule has 3 fully saturated rings. The van der Waals surface area contributed by atoms with E-state index in [9.17, 15) is 5.11 Å². The highest BCUT2D eigenvalue weighted by Crippen LogP contribution is 2.67. The van der Waals surface area contributed by atoms with E-state index in [1.54, 1.807) is 11.1 Å². The monoisotopic (exact) mass is 413 g/mol. The minimum absolute atomic E-state index is 0.0839. The van der Waals surface area contributed by atoms with E-state index in [0.717, 1.165) is 42.4 Å². The van der Waals surface area contributed by atoms with Gasteiger partial charge < -0.3 is 5.11 Å². The second-order valence-electron chi connectivity index (χ2n) is 12.4. The number of aliphatic hydroxyl groups excluding tert-OH is 1. The summed E-state index contributed by atoms with van der Waals surface area (Å²) in [4.78, 5) is 0. The molecule has 170 valence electrons. The van der Waals surface area contributed by atoms with Crippen LogP contribution in [-0.4, -0.2) is 11.2 Å². The van der Waals surface area contributed by atoms with Crippen LogP contribution in [0.5, 0.6) is 0 Å². The highest BCUT2D eigenvalue weighted by atomic mass is 16.3. The Bertz CT molecular complexity index is 686. The first-order valence-corrected chi connectivity index (χ1v) is 13.2. The summed E-state index contributed by atoms with van der Waals surface area (Å²) in [5.74, 6) is 5.15. The number of hydrogen-bond acceptors (Lipinski definition) is 1. The first kappa shape index (κ1) is 22.6. The predicted octanol–water partition coefficient (Wildman–Crippen LogP) is 7.94. The molecule has 1 N–H and O–H groups in total. The Hall–Kier alpha value is -0.560. The summed E-state index contributed by atoms with van der Waals surface area (Å²) < 4.78 is 0. The van der Waals surface area contributed by atoms with E-state index < -0.39 is 0 Å². The zero-order valence-corrected chi connectivity index (χ0v) is 20.7. The number of rotatable bonds is 5. The molecule has 0 amide bonds. The van der Waals surface area contributed by atoms with Crippen molar-refractivity contribution < 1.29 is 5.11 Å². The molecule has 4 rings (SSSR count). The molecule has 0 aromatic rings. The minimum atomic E-state index is -0.0839. The lowest BCUT2D eigenvalue weighted by Gasteiger charge is -2.58. The third kappa shape index (κ3) is 3.66. The average molecular weight is 414 g/mol. The molecule has 4 aliphatic carbocycles. The standard InChI is InChI=1S/C29H48O/c1-7-21(19(2)3)9-8-20(4)25-12-13-26-24-11-10-22-18-23(30)14-16-28(22,5)27(24)15-17-29(25,26)6/h7,10,19-20,23-27,30H,8-9,11-18H2,1-6H3/b21-7-/t20-,23+,24+,25-,26+,27+,28+,29-/m1/s1/i2+1/t19?,20-,23+,24+,25-,26+,27+,28+,29-. The Kier molecular flexibility index (Phi) is 6.35. The third-order valence-electron chi connectivity index (χ3n) is 10.8. The zero-order valence-electron chi connectivity index (χ0n) is 20.7. The van der Waals surface area contributed by atoms with Crippen LogP contribution in [0.3, 0.4) is 0 Å². The number of fused-ring (bicyclic) bond motifs is 5. The SMILES string of the molecule is C/C=C(/CC[C@@H](C)[C@H]1CC[C@H]2[C@@H]3CC=C4C[C@@H](O)CC[C@]4(C)[C@H]3CC[C@]12C)C(C)[13CH3]. The maximum absolute atomic E-state index is 10.2. The first-order chi connectivity index (χ1) is 14.2. The van der Waals surface area contributed by atoms with E-state index in [0.29, 0.717) is 16.7 Å². The van der Waals surface area contributed by atoms with E-state index in [1.165, 1.54) is 51.4 Å². The largest absolute Gasteiger partial charge is 0.393 e. The van der Waals surface area contributed by atoms with Gasteiger partial charge in [0, 0.05) is 0 Å². The molecule has 0 radical (unpaired) electrons. The smallest absolute Gasteiger partial charge is 0.0577 e. The molecule has 0 bridgehead atoms. The Labute approximate surface area is 186 Å². The molecule has 9 atom stereocenters. The summed E-state index contributed by atoms with van der Waals surface area (Å²) in [6, 6.07) is 0. The summed E-state index contributed by atoms with van der Waals surface area (Å²) in [7, 11) is 0. The van der Waals surface area contributed by atoms with Crippen molar-refractivity contribution in [3.63, 3.8) is 0 Å². The Morgan fingerprint density at radius 2 is 1.87 bits per heavy atom. The van der Waals surface area contributed by atoms with Gasteiger partial charge >= 0.3 is 0 Å². The molecule has 0 aromatic carbocycles. The molecular formula is C29H48O. The number of allylic oxidation sites excluding steroid dienone is 3. The van der Waals surface area contributed by atoms with E-state index >= 15 is 0 Å². The van der Waals surface area contributed by atoms with E-state index in [2.05, 4.69) is 53.7 Å². The van der Waals surface area contributed by atoms with Crippen LogP contribution >= 0.6 is 0 Å². The second-order valence-corrected chi connectivity index (χ2v) is 12.4. The van der Waals surface area contributed by atoms with Crippen LogP contribution in [0.1, 0.15) is 106 Å². The van der Waals surface area contributed by atoms with Gasteiger partial charge in [0.05, 0.1) is 6.10 Å². The third-order valence-corrected chi connectivity index (χ3v) is 10.8. The summed E-state index contributed by atoms with van der Waals surface area (Å²) in [5.41, 5.74) is 4.21. The van der Waals surface area contributed by atoms with Gasteiger partial charge in [0.15, 0.2) is 0 Å². The quantitative estimate of drug-likeness (QED) is 0.358. The van der Waals surface area contributed by atoms with Gasteiger partial charge in [-0.05, 0) is 117 Å². The average Bonchev–Trinajstić information content (AvgIpc) is 3.06. The van der Waals surface area contributed by atoms with Crippen LogP contribution in [0.4, 0.5) is 0 Å². The molecule has 0 aliphatic heterocycles. The van der Waals surface area contributed by atoms with Crippen molar-refractivity contribution in [3.8, 4) is 0 Å². The summed E-state index contributed by atoms with van der Waals surface area (Å²) >= 11 is 0. The Morgan fingerprint density at radius 1 is 1.10 bits per heavy atom. The molecule has 0 heterocycles. The lowest BCUT2D eigenvalue weighted by molar-refractivity contribution is -0.0571. The molecule has 30 heavy (non-hydrogen) atoms. The van der Waals surface area contributed by atoms with Crippen molar-refractivity contribution >= 4 is 0 Å². The lowest BCUT2D eigenvalue weighted by atomic mass is 9.47. The zero-order chi connectivity index (χ0) is 21.7. The van der Waals surface area contributed by atoms with Gasteiger partial charge in [-0.1, -0.05) is 57.9 Å². The highest BCUT2D eigenvalue weighted by Gasteiger charge is 2.59. The van der Waals surface area contributed by atoms with Gasteiger partial charge in [-0.3, -0.25) is 0 Å². The fourth-order valence-electron chi connectivity index (χ4n) is 8.98. The molecule has 0 saturated heterocycles. The molecule has 0 aromatic heterocycles. The lowest BCUT2D eigenvalue weighted by Crippen LogP contribution is -2.50. The van der Waals surface area contributed by atoms with Gasteiger partial charge in [0.1, 0.15) is 0 Å². The van der Waals surface area contributed by atoms with Crippen molar-refractivity contribution in [2.45, 2.75) is 112 Å². The van der Waals surface area contributed by atoms with E-state index in [-0.39, 0.29) is 6.10 Å². The van der Waals surface area contributed by atoms with Gasteiger partial charge in [-0.2, -0.15) is 0 Å². The molecule has 4 aliphatic rings. The highest BCUT2D eigenvalue weighted by molar-refractivity contribution is 5.25. The van der Waals surface area contributed by atoms with Gasteiger partial charge in [0.2, 0.25) is 0 Å². The Balaban J connectivity index is 1.49. The van der Waals surface area contributed by atoms with Crippen molar-refractivity contribution in [2.75, 3.05) is 0 Å². The van der Waals surface area contributed by atoms with E-state index in [4.69, 9.17) is 0 Å². The van der Waals surface area contributed by atoms with Gasteiger partial charge in [0.25, 0.3) is 0 Å². The summed E-state index contributed by atoms with van der Waals surface area (Å²) in [6.07, 6.45) is 17.8. The fourth-order valence-corrected chi connectivity index (χ4v) is 8.98. The van der Waals surface area contributed by atoms with Crippen LogP contribution in [0, 0.1) is 46.3 Å². The number of hydrogen-bond donors (Lipinski definition) is 1. The predicted molar refractivity (Wildman–Crippen MR) is 128 cm³/mol. The van der Waals surface area contributed by atoms with Gasteiger partial charge in [-0.25, -0.2) is 0 Å².